The Labute approximate surface area is 175 Å². The molecule has 1 N–H and O–H groups in total. The molecule has 0 aliphatic carbocycles. The topological polar surface area (TPSA) is 81.6 Å². The molecular formula is C22H25N3O5. The van der Waals surface area contributed by atoms with Gasteiger partial charge in [0, 0.05) is 25.1 Å². The molecular weight excluding hydrogens is 386 g/mol. The third kappa shape index (κ3) is 4.42. The SMILES string of the molecule is CCNC(=O)N(Cc1cccc(OC)c1)C[C@H]1CC(c2ccc3c(c2)OCO3)=NO1. The molecule has 0 unspecified atom stereocenters. The number of benzene rings is 2. The zero-order valence-electron chi connectivity index (χ0n) is 17.1. The van der Waals surface area contributed by atoms with E-state index in [9.17, 15) is 4.79 Å². The van der Waals surface area contributed by atoms with E-state index in [2.05, 4.69) is 10.5 Å². The van der Waals surface area contributed by atoms with Gasteiger partial charge in [0.1, 0.15) is 5.75 Å². The van der Waals surface area contributed by atoms with Gasteiger partial charge in [-0.3, -0.25) is 0 Å². The minimum absolute atomic E-state index is 0.138. The molecule has 0 aromatic heterocycles. The molecule has 2 amide bonds. The minimum atomic E-state index is -0.223. The Bertz CT molecular complexity index is 946. The fraction of sp³-hybridized carbons (Fsp3) is 0.364. The molecule has 0 saturated heterocycles. The maximum Gasteiger partial charge on any atom is 0.317 e. The highest BCUT2D eigenvalue weighted by atomic mass is 16.7. The lowest BCUT2D eigenvalue weighted by Crippen LogP contribution is -2.43. The second kappa shape index (κ2) is 8.94. The molecule has 2 aliphatic heterocycles. The number of rotatable bonds is 7. The molecule has 8 nitrogen and oxygen atoms in total. The van der Waals surface area contributed by atoms with E-state index in [0.717, 1.165) is 28.3 Å². The average molecular weight is 411 g/mol. The first-order valence-corrected chi connectivity index (χ1v) is 9.94. The fourth-order valence-corrected chi connectivity index (χ4v) is 3.49. The number of urea groups is 1. The summed E-state index contributed by atoms with van der Waals surface area (Å²) in [5.41, 5.74) is 2.74. The lowest BCUT2D eigenvalue weighted by Gasteiger charge is -2.25. The molecule has 1 atom stereocenters. The molecule has 0 fully saturated rings. The van der Waals surface area contributed by atoms with Gasteiger partial charge in [0.25, 0.3) is 0 Å². The summed E-state index contributed by atoms with van der Waals surface area (Å²) in [6.45, 7) is 3.55. The van der Waals surface area contributed by atoms with Crippen LogP contribution in [-0.2, 0) is 11.4 Å². The lowest BCUT2D eigenvalue weighted by molar-refractivity contribution is 0.0590. The van der Waals surface area contributed by atoms with Gasteiger partial charge in [0.15, 0.2) is 17.6 Å². The molecule has 2 aliphatic rings. The molecule has 0 radical (unpaired) electrons. The molecule has 0 bridgehead atoms. The number of hydrogen-bond acceptors (Lipinski definition) is 6. The second-order valence-electron chi connectivity index (χ2n) is 7.11. The van der Waals surface area contributed by atoms with Crippen molar-refractivity contribution in [2.45, 2.75) is 26.0 Å². The largest absolute Gasteiger partial charge is 0.497 e. The fourth-order valence-electron chi connectivity index (χ4n) is 3.49. The van der Waals surface area contributed by atoms with Gasteiger partial charge in [0.2, 0.25) is 6.79 Å². The summed E-state index contributed by atoms with van der Waals surface area (Å²) in [5, 5.41) is 7.12. The summed E-state index contributed by atoms with van der Waals surface area (Å²) in [6.07, 6.45) is 0.381. The van der Waals surface area contributed by atoms with Crippen molar-refractivity contribution in [3.8, 4) is 17.2 Å². The highest BCUT2D eigenvalue weighted by Gasteiger charge is 2.28. The van der Waals surface area contributed by atoms with Crippen molar-refractivity contribution in [2.24, 2.45) is 5.16 Å². The zero-order valence-corrected chi connectivity index (χ0v) is 17.1. The van der Waals surface area contributed by atoms with E-state index in [1.165, 1.54) is 0 Å². The highest BCUT2D eigenvalue weighted by molar-refractivity contribution is 6.01. The van der Waals surface area contributed by atoms with Crippen molar-refractivity contribution in [1.29, 1.82) is 0 Å². The Morgan fingerprint density at radius 1 is 1.23 bits per heavy atom. The van der Waals surface area contributed by atoms with Crippen LogP contribution < -0.4 is 19.5 Å². The normalized spacial score (nSPS) is 16.6. The number of nitrogens with zero attached hydrogens (tertiary/aromatic N) is 2. The predicted octanol–water partition coefficient (Wildman–Crippen LogP) is 3.15. The van der Waals surface area contributed by atoms with Gasteiger partial charge in [-0.1, -0.05) is 17.3 Å². The number of hydrogen-bond donors (Lipinski definition) is 1. The summed E-state index contributed by atoms with van der Waals surface area (Å²) in [5.74, 6) is 2.20. The number of ether oxygens (including phenoxy) is 3. The van der Waals surface area contributed by atoms with Crippen LogP contribution in [0, 0.1) is 0 Å². The average Bonchev–Trinajstić information content (AvgIpc) is 3.42. The minimum Gasteiger partial charge on any atom is -0.497 e. The number of carbonyl (C=O) groups is 1. The first-order chi connectivity index (χ1) is 14.7. The summed E-state index contributed by atoms with van der Waals surface area (Å²) >= 11 is 0. The quantitative estimate of drug-likeness (QED) is 0.757. The number of amides is 2. The Balaban J connectivity index is 1.42. The molecule has 0 saturated carbocycles. The van der Waals surface area contributed by atoms with Crippen LogP contribution in [0.25, 0.3) is 0 Å². The van der Waals surface area contributed by atoms with Crippen molar-refractivity contribution in [3.63, 3.8) is 0 Å². The van der Waals surface area contributed by atoms with Crippen LogP contribution in [0.1, 0.15) is 24.5 Å². The van der Waals surface area contributed by atoms with Gasteiger partial charge in [-0.05, 0) is 42.8 Å². The van der Waals surface area contributed by atoms with E-state index < -0.39 is 0 Å². The second-order valence-corrected chi connectivity index (χ2v) is 7.11. The van der Waals surface area contributed by atoms with Crippen LogP contribution >= 0.6 is 0 Å². The van der Waals surface area contributed by atoms with E-state index in [1.54, 1.807) is 12.0 Å². The van der Waals surface area contributed by atoms with E-state index >= 15 is 0 Å². The molecule has 30 heavy (non-hydrogen) atoms. The van der Waals surface area contributed by atoms with Crippen LogP contribution in [0.15, 0.2) is 47.6 Å². The molecule has 4 rings (SSSR count). The maximum absolute atomic E-state index is 12.6. The first kappa shape index (κ1) is 19.9. The summed E-state index contributed by atoms with van der Waals surface area (Å²) in [6, 6.07) is 13.3. The van der Waals surface area contributed by atoms with E-state index in [4.69, 9.17) is 19.0 Å². The van der Waals surface area contributed by atoms with E-state index in [-0.39, 0.29) is 18.9 Å². The van der Waals surface area contributed by atoms with Gasteiger partial charge >= 0.3 is 6.03 Å². The van der Waals surface area contributed by atoms with Crippen LogP contribution in [0.2, 0.25) is 0 Å². The Morgan fingerprint density at radius 2 is 2.10 bits per heavy atom. The predicted molar refractivity (Wildman–Crippen MR) is 111 cm³/mol. The summed E-state index contributed by atoms with van der Waals surface area (Å²) in [4.78, 5) is 20.0. The first-order valence-electron chi connectivity index (χ1n) is 9.94. The third-order valence-corrected chi connectivity index (χ3v) is 4.99. The number of methoxy groups -OCH3 is 1. The van der Waals surface area contributed by atoms with Crippen LogP contribution in [0.4, 0.5) is 4.79 Å². The summed E-state index contributed by atoms with van der Waals surface area (Å²) < 4.78 is 16.1. The Morgan fingerprint density at radius 3 is 2.93 bits per heavy atom. The van der Waals surface area contributed by atoms with Crippen molar-refractivity contribution in [2.75, 3.05) is 27.0 Å². The van der Waals surface area contributed by atoms with Gasteiger partial charge in [-0.25, -0.2) is 4.79 Å². The Kier molecular flexibility index (Phi) is 5.92. The van der Waals surface area contributed by atoms with Crippen molar-refractivity contribution < 1.29 is 23.8 Å². The van der Waals surface area contributed by atoms with Crippen molar-refractivity contribution in [1.82, 2.24) is 10.2 Å². The van der Waals surface area contributed by atoms with E-state index in [0.29, 0.717) is 31.8 Å². The maximum atomic E-state index is 12.6. The smallest absolute Gasteiger partial charge is 0.317 e. The number of nitrogens with one attached hydrogen (secondary N) is 1. The standard InChI is InChI=1S/C22H25N3O5/c1-3-23-22(26)25(12-15-5-4-6-17(9-15)27-2)13-18-11-19(24-30-18)16-7-8-20-21(10-16)29-14-28-20/h4-10,18H,3,11-14H2,1-2H3,(H,23,26)/t18-/m1/s1. The molecule has 8 heteroatoms. The number of fused-ring (bicyclic) bond motifs is 1. The van der Waals surface area contributed by atoms with Crippen LogP contribution in [0.3, 0.4) is 0 Å². The van der Waals surface area contributed by atoms with E-state index in [1.807, 2.05) is 49.4 Å². The molecule has 2 heterocycles. The Hall–Kier alpha value is -3.42. The van der Waals surface area contributed by atoms with Gasteiger partial charge in [0.05, 0.1) is 19.4 Å². The number of carbonyl (C=O) groups excluding carboxylic acids is 1. The highest BCUT2D eigenvalue weighted by Crippen LogP contribution is 2.33. The van der Waals surface area contributed by atoms with Crippen LogP contribution in [-0.4, -0.2) is 49.7 Å². The molecule has 2 aromatic rings. The molecule has 2 aromatic carbocycles. The molecule has 0 spiro atoms. The van der Waals surface area contributed by atoms with Gasteiger partial charge < -0.3 is 29.3 Å². The van der Waals surface area contributed by atoms with Crippen molar-refractivity contribution >= 4 is 11.7 Å². The van der Waals surface area contributed by atoms with Crippen molar-refractivity contribution in [3.05, 3.63) is 53.6 Å². The third-order valence-electron chi connectivity index (χ3n) is 4.99. The van der Waals surface area contributed by atoms with Crippen LogP contribution in [0.5, 0.6) is 17.2 Å². The van der Waals surface area contributed by atoms with Gasteiger partial charge in [-0.15, -0.1) is 0 Å². The lowest BCUT2D eigenvalue weighted by atomic mass is 10.0. The van der Waals surface area contributed by atoms with Gasteiger partial charge in [-0.2, -0.15) is 0 Å². The zero-order chi connectivity index (χ0) is 20.9. The monoisotopic (exact) mass is 411 g/mol. The molecule has 158 valence electrons. The summed E-state index contributed by atoms with van der Waals surface area (Å²) in [7, 11) is 1.63. The number of oxime groups is 1.